The monoisotopic (exact) mass is 390 g/mol. The Morgan fingerprint density at radius 3 is 2.74 bits per heavy atom. The third-order valence-electron chi connectivity index (χ3n) is 3.80. The third kappa shape index (κ3) is 4.21. The van der Waals surface area contributed by atoms with Gasteiger partial charge in [-0.25, -0.2) is 9.97 Å². The van der Waals surface area contributed by atoms with Crippen LogP contribution in [0.25, 0.3) is 10.4 Å². The predicted octanol–water partition coefficient (Wildman–Crippen LogP) is 3.00. The first-order valence-corrected chi connectivity index (χ1v) is 8.89. The molecule has 142 valence electrons. The zero-order valence-corrected chi connectivity index (χ0v) is 15.8. The van der Waals surface area contributed by atoms with Crippen LogP contribution in [0, 0.1) is 12.7 Å². The molecule has 7 nitrogen and oxygen atoms in total. The first-order valence-electron chi connectivity index (χ1n) is 8.07. The number of rotatable bonds is 6. The number of anilines is 2. The molecule has 1 unspecified atom stereocenters. The molecule has 2 aromatic heterocycles. The molecular formula is C18H19FN4O3S. The molecule has 1 atom stereocenters. The molecule has 0 aliphatic carbocycles. The van der Waals surface area contributed by atoms with E-state index in [0.29, 0.717) is 10.7 Å². The lowest BCUT2D eigenvalue weighted by Gasteiger charge is -2.16. The van der Waals surface area contributed by atoms with Crippen LogP contribution in [0.4, 0.5) is 16.0 Å². The molecule has 0 bridgehead atoms. The van der Waals surface area contributed by atoms with Crippen molar-refractivity contribution in [1.29, 1.82) is 0 Å². The van der Waals surface area contributed by atoms with Gasteiger partial charge in [-0.1, -0.05) is 6.07 Å². The standard InChI is InChI=1S/C18H19FN4O3S/c1-10-4-11(14-8-20-16(27-14)18(2,25)9-24)6-12(5-10)22-17-21-7-13(19)15(23-17)26-3/h4-8,24-25H,9H2,1-3H3,(H,21,22,23). The van der Waals surface area contributed by atoms with Crippen molar-refractivity contribution in [2.75, 3.05) is 19.0 Å². The van der Waals surface area contributed by atoms with Gasteiger partial charge in [-0.2, -0.15) is 9.37 Å². The van der Waals surface area contributed by atoms with Crippen LogP contribution in [-0.4, -0.2) is 38.9 Å². The lowest BCUT2D eigenvalue weighted by atomic mass is 10.1. The highest BCUT2D eigenvalue weighted by Crippen LogP contribution is 2.34. The van der Waals surface area contributed by atoms with Gasteiger partial charge in [0.05, 0.1) is 24.8 Å². The van der Waals surface area contributed by atoms with Gasteiger partial charge in [-0.15, -0.1) is 11.3 Å². The Bertz CT molecular complexity index is 962. The van der Waals surface area contributed by atoms with Crippen molar-refractivity contribution < 1.29 is 19.3 Å². The molecule has 0 saturated carbocycles. The summed E-state index contributed by atoms with van der Waals surface area (Å²) in [7, 11) is 1.34. The van der Waals surface area contributed by atoms with Gasteiger partial charge in [0.25, 0.3) is 5.88 Å². The van der Waals surface area contributed by atoms with Gasteiger partial charge in [0.15, 0.2) is 0 Å². The maximum Gasteiger partial charge on any atom is 0.255 e. The van der Waals surface area contributed by atoms with Crippen molar-refractivity contribution in [2.45, 2.75) is 19.4 Å². The van der Waals surface area contributed by atoms with Crippen molar-refractivity contribution in [3.63, 3.8) is 0 Å². The molecule has 0 aliphatic rings. The minimum absolute atomic E-state index is 0.140. The topological polar surface area (TPSA) is 100 Å². The van der Waals surface area contributed by atoms with Crippen LogP contribution in [0.2, 0.25) is 0 Å². The summed E-state index contributed by atoms with van der Waals surface area (Å²) < 4.78 is 18.3. The molecule has 0 fully saturated rings. The highest BCUT2D eigenvalue weighted by molar-refractivity contribution is 7.15. The van der Waals surface area contributed by atoms with E-state index in [4.69, 9.17) is 4.74 Å². The minimum Gasteiger partial charge on any atom is -0.479 e. The lowest BCUT2D eigenvalue weighted by molar-refractivity contribution is -0.00244. The number of ether oxygens (including phenoxy) is 1. The average Bonchev–Trinajstić information content (AvgIpc) is 3.14. The molecule has 0 aliphatic heterocycles. The zero-order chi connectivity index (χ0) is 19.6. The Morgan fingerprint density at radius 2 is 2.04 bits per heavy atom. The van der Waals surface area contributed by atoms with E-state index in [0.717, 1.165) is 22.2 Å². The predicted molar refractivity (Wildman–Crippen MR) is 101 cm³/mol. The van der Waals surface area contributed by atoms with E-state index >= 15 is 0 Å². The number of aromatic nitrogens is 3. The smallest absolute Gasteiger partial charge is 0.255 e. The maximum absolute atomic E-state index is 13.5. The van der Waals surface area contributed by atoms with Crippen LogP contribution in [-0.2, 0) is 5.60 Å². The Morgan fingerprint density at radius 1 is 1.26 bits per heavy atom. The van der Waals surface area contributed by atoms with Gasteiger partial charge in [0, 0.05) is 11.9 Å². The molecule has 0 amide bonds. The number of thiazole rings is 1. The molecule has 1 aromatic carbocycles. The fraction of sp³-hybridized carbons (Fsp3) is 0.278. The van der Waals surface area contributed by atoms with E-state index in [-0.39, 0.29) is 11.8 Å². The Kier molecular flexibility index (Phi) is 5.36. The van der Waals surface area contributed by atoms with Gasteiger partial charge < -0.3 is 20.3 Å². The van der Waals surface area contributed by atoms with Crippen LogP contribution < -0.4 is 10.1 Å². The van der Waals surface area contributed by atoms with Crippen LogP contribution in [0.1, 0.15) is 17.5 Å². The van der Waals surface area contributed by atoms with E-state index in [1.807, 2.05) is 25.1 Å². The Hall–Kier alpha value is -2.62. The molecule has 27 heavy (non-hydrogen) atoms. The number of aliphatic hydroxyl groups is 2. The molecule has 0 saturated heterocycles. The van der Waals surface area contributed by atoms with E-state index in [1.165, 1.54) is 25.4 Å². The fourth-order valence-corrected chi connectivity index (χ4v) is 3.34. The molecule has 3 aromatic rings. The number of halogens is 1. The zero-order valence-electron chi connectivity index (χ0n) is 15.0. The van der Waals surface area contributed by atoms with Crippen LogP contribution in [0.15, 0.2) is 30.6 Å². The third-order valence-corrected chi connectivity index (χ3v) is 5.10. The number of methoxy groups -OCH3 is 1. The molecule has 3 N–H and O–H groups in total. The number of benzene rings is 1. The van der Waals surface area contributed by atoms with Gasteiger partial charge in [0.2, 0.25) is 11.8 Å². The Labute approximate surface area is 159 Å². The molecule has 3 rings (SSSR count). The van der Waals surface area contributed by atoms with E-state index < -0.39 is 18.0 Å². The average molecular weight is 390 g/mol. The van der Waals surface area contributed by atoms with Crippen LogP contribution >= 0.6 is 11.3 Å². The summed E-state index contributed by atoms with van der Waals surface area (Å²) in [6, 6.07) is 5.74. The number of nitrogens with zero attached hydrogens (tertiary/aromatic N) is 3. The molecule has 0 spiro atoms. The summed E-state index contributed by atoms with van der Waals surface area (Å²) in [5, 5.41) is 22.9. The van der Waals surface area contributed by atoms with Gasteiger partial charge in [-0.05, 0) is 37.1 Å². The number of hydrogen-bond donors (Lipinski definition) is 3. The van der Waals surface area contributed by atoms with Crippen LogP contribution in [0.5, 0.6) is 5.88 Å². The number of aliphatic hydroxyl groups excluding tert-OH is 1. The molecule has 0 radical (unpaired) electrons. The largest absolute Gasteiger partial charge is 0.479 e. The lowest BCUT2D eigenvalue weighted by Crippen LogP contribution is -2.25. The summed E-state index contributed by atoms with van der Waals surface area (Å²) in [4.78, 5) is 12.9. The van der Waals surface area contributed by atoms with Crippen molar-refractivity contribution in [3.05, 3.63) is 47.0 Å². The molecule has 2 heterocycles. The molecular weight excluding hydrogens is 371 g/mol. The summed E-state index contributed by atoms with van der Waals surface area (Å²) in [5.74, 6) is -0.571. The van der Waals surface area contributed by atoms with Crippen molar-refractivity contribution >= 4 is 23.0 Å². The summed E-state index contributed by atoms with van der Waals surface area (Å²) in [6.07, 6.45) is 2.69. The SMILES string of the molecule is COc1nc(Nc2cc(C)cc(-c3cnc(C(C)(O)CO)s3)c2)ncc1F. The van der Waals surface area contributed by atoms with Crippen molar-refractivity contribution in [2.24, 2.45) is 0 Å². The van der Waals surface area contributed by atoms with E-state index in [1.54, 1.807) is 6.20 Å². The minimum atomic E-state index is -1.38. The summed E-state index contributed by atoms with van der Waals surface area (Å²) in [6.45, 7) is 3.04. The van der Waals surface area contributed by atoms with Crippen molar-refractivity contribution in [3.8, 4) is 16.3 Å². The van der Waals surface area contributed by atoms with E-state index in [9.17, 15) is 14.6 Å². The normalized spacial score (nSPS) is 13.3. The highest BCUT2D eigenvalue weighted by Gasteiger charge is 2.26. The fourth-order valence-electron chi connectivity index (χ4n) is 2.41. The summed E-state index contributed by atoms with van der Waals surface area (Å²) >= 11 is 1.30. The number of aryl methyl sites for hydroxylation is 1. The first-order chi connectivity index (χ1) is 12.8. The summed E-state index contributed by atoms with van der Waals surface area (Å²) in [5.41, 5.74) is 1.19. The maximum atomic E-state index is 13.5. The highest BCUT2D eigenvalue weighted by atomic mass is 32.1. The second-order valence-electron chi connectivity index (χ2n) is 6.23. The molecule has 9 heteroatoms. The first kappa shape index (κ1) is 19.2. The van der Waals surface area contributed by atoms with Gasteiger partial charge >= 0.3 is 0 Å². The van der Waals surface area contributed by atoms with Crippen LogP contribution in [0.3, 0.4) is 0 Å². The second kappa shape index (κ2) is 7.55. The van der Waals surface area contributed by atoms with Crippen molar-refractivity contribution in [1.82, 2.24) is 15.0 Å². The van der Waals surface area contributed by atoms with Gasteiger partial charge in [0.1, 0.15) is 10.6 Å². The Balaban J connectivity index is 1.91. The van der Waals surface area contributed by atoms with Gasteiger partial charge in [-0.3, -0.25) is 0 Å². The second-order valence-corrected chi connectivity index (χ2v) is 7.26. The number of hydrogen-bond acceptors (Lipinski definition) is 8. The number of nitrogens with one attached hydrogen (secondary N) is 1. The quantitative estimate of drug-likeness (QED) is 0.595. The van der Waals surface area contributed by atoms with E-state index in [2.05, 4.69) is 20.3 Å².